The van der Waals surface area contributed by atoms with Gasteiger partial charge >= 0.3 is 0 Å². The van der Waals surface area contributed by atoms with Gasteiger partial charge in [-0.15, -0.1) is 0 Å². The van der Waals surface area contributed by atoms with Crippen LogP contribution in [0.5, 0.6) is 0 Å². The molecule has 1 aliphatic carbocycles. The van der Waals surface area contributed by atoms with Crippen LogP contribution in [0.2, 0.25) is 0 Å². The molecule has 20 heavy (non-hydrogen) atoms. The van der Waals surface area contributed by atoms with Crippen molar-refractivity contribution in [2.24, 2.45) is 11.3 Å². The van der Waals surface area contributed by atoms with Crippen molar-refractivity contribution >= 4 is 0 Å². The van der Waals surface area contributed by atoms with E-state index >= 15 is 0 Å². The largest absolute Gasteiger partial charge is 0.347 e. The van der Waals surface area contributed by atoms with E-state index in [9.17, 15) is 0 Å². The van der Waals surface area contributed by atoms with Gasteiger partial charge in [-0.2, -0.15) is 0 Å². The zero-order chi connectivity index (χ0) is 14.7. The second kappa shape index (κ2) is 4.67. The van der Waals surface area contributed by atoms with Crippen LogP contribution in [0.1, 0.15) is 54.4 Å². The summed E-state index contributed by atoms with van der Waals surface area (Å²) in [5.74, 6) is 0.120. The first-order valence-corrected chi connectivity index (χ1v) is 7.92. The minimum absolute atomic E-state index is 0.00774. The lowest BCUT2D eigenvalue weighted by Crippen LogP contribution is -2.62. The zero-order valence-electron chi connectivity index (χ0n) is 13.5. The summed E-state index contributed by atoms with van der Waals surface area (Å²) in [5.41, 5.74) is 0.00774. The van der Waals surface area contributed by atoms with Gasteiger partial charge in [-0.25, -0.2) is 0 Å². The average molecular weight is 284 g/mol. The Morgan fingerprint density at radius 1 is 0.850 bits per heavy atom. The summed E-state index contributed by atoms with van der Waals surface area (Å²) in [6, 6.07) is 0. The van der Waals surface area contributed by atoms with Crippen molar-refractivity contribution in [2.45, 2.75) is 90.9 Å². The van der Waals surface area contributed by atoms with Crippen LogP contribution in [-0.2, 0) is 18.9 Å². The monoisotopic (exact) mass is 284 g/mol. The second-order valence-corrected chi connectivity index (χ2v) is 7.37. The van der Waals surface area contributed by atoms with Crippen molar-refractivity contribution in [3.8, 4) is 0 Å². The third kappa shape index (κ3) is 2.04. The molecule has 2 saturated heterocycles. The van der Waals surface area contributed by atoms with E-state index in [2.05, 4.69) is 41.5 Å². The van der Waals surface area contributed by atoms with E-state index < -0.39 is 5.79 Å². The average Bonchev–Trinajstić information content (AvgIpc) is 2.82. The molecule has 3 fully saturated rings. The molecule has 2 heterocycles. The van der Waals surface area contributed by atoms with Crippen molar-refractivity contribution in [1.29, 1.82) is 0 Å². The lowest BCUT2D eigenvalue weighted by molar-refractivity contribution is -0.331. The molecule has 0 amide bonds. The molecule has 1 spiro atoms. The topological polar surface area (TPSA) is 36.9 Å². The van der Waals surface area contributed by atoms with Crippen molar-refractivity contribution in [1.82, 2.24) is 0 Å². The summed E-state index contributed by atoms with van der Waals surface area (Å²) in [5, 5.41) is 0. The van der Waals surface area contributed by atoms with Crippen LogP contribution in [0.15, 0.2) is 0 Å². The smallest absolute Gasteiger partial charge is 0.174 e. The van der Waals surface area contributed by atoms with Crippen LogP contribution in [0.4, 0.5) is 0 Å². The molecule has 0 bridgehead atoms. The van der Waals surface area contributed by atoms with Gasteiger partial charge in [0.2, 0.25) is 0 Å². The first-order chi connectivity index (χ1) is 9.25. The van der Waals surface area contributed by atoms with Gasteiger partial charge in [0, 0.05) is 18.3 Å². The van der Waals surface area contributed by atoms with E-state index in [1.54, 1.807) is 0 Å². The van der Waals surface area contributed by atoms with Gasteiger partial charge in [0.05, 0.1) is 24.4 Å². The molecular formula is C16H28O4. The molecule has 5 atom stereocenters. The zero-order valence-corrected chi connectivity index (χ0v) is 13.5. The SMILES string of the molecule is C[C@H]1OC(C[C@@H]2CC3(O[C@H](C)[C@@H](C)O3)C2(C)C)O[C@@H]1C. The predicted molar refractivity (Wildman–Crippen MR) is 75.2 cm³/mol. The van der Waals surface area contributed by atoms with Gasteiger partial charge in [-0.05, 0) is 33.6 Å². The molecule has 4 nitrogen and oxygen atoms in total. The van der Waals surface area contributed by atoms with Crippen LogP contribution in [0.3, 0.4) is 0 Å². The summed E-state index contributed by atoms with van der Waals surface area (Å²) >= 11 is 0. The van der Waals surface area contributed by atoms with Crippen LogP contribution >= 0.6 is 0 Å². The molecule has 0 unspecified atom stereocenters. The van der Waals surface area contributed by atoms with E-state index in [-0.39, 0.29) is 36.1 Å². The fourth-order valence-corrected chi connectivity index (χ4v) is 3.70. The maximum atomic E-state index is 6.15. The minimum atomic E-state index is -0.396. The van der Waals surface area contributed by atoms with Crippen LogP contribution in [0, 0.1) is 11.3 Å². The Morgan fingerprint density at radius 3 is 1.80 bits per heavy atom. The summed E-state index contributed by atoms with van der Waals surface area (Å²) in [4.78, 5) is 0. The number of hydrogen-bond acceptors (Lipinski definition) is 4. The van der Waals surface area contributed by atoms with E-state index in [0.29, 0.717) is 5.92 Å². The summed E-state index contributed by atoms with van der Waals surface area (Å²) < 4.78 is 24.0. The molecule has 4 heteroatoms. The fraction of sp³-hybridized carbons (Fsp3) is 1.00. The van der Waals surface area contributed by atoms with Gasteiger partial charge in [-0.1, -0.05) is 13.8 Å². The Balaban J connectivity index is 1.62. The first-order valence-electron chi connectivity index (χ1n) is 7.92. The Hall–Kier alpha value is -0.160. The maximum Gasteiger partial charge on any atom is 0.174 e. The van der Waals surface area contributed by atoms with Crippen LogP contribution < -0.4 is 0 Å². The molecule has 1 saturated carbocycles. The Kier molecular flexibility index (Phi) is 3.45. The van der Waals surface area contributed by atoms with Crippen LogP contribution in [-0.4, -0.2) is 36.5 Å². The van der Waals surface area contributed by atoms with Crippen molar-refractivity contribution < 1.29 is 18.9 Å². The van der Waals surface area contributed by atoms with E-state index in [4.69, 9.17) is 18.9 Å². The standard InChI is InChI=1S/C16H28O4/c1-9-10(2)18-14(17-9)7-13-8-16(15(13,5)6)19-11(3)12(4)20-16/h9-14H,7-8H2,1-6H3/t9-,10-,11-,12-,13-/m1/s1. The quantitative estimate of drug-likeness (QED) is 0.781. The van der Waals surface area contributed by atoms with Gasteiger partial charge in [0.1, 0.15) is 0 Å². The highest BCUT2D eigenvalue weighted by Crippen LogP contribution is 2.62. The fourth-order valence-electron chi connectivity index (χ4n) is 3.70. The molecule has 2 aliphatic heterocycles. The lowest BCUT2D eigenvalue weighted by Gasteiger charge is -2.58. The highest BCUT2D eigenvalue weighted by Gasteiger charge is 2.66. The minimum Gasteiger partial charge on any atom is -0.347 e. The van der Waals surface area contributed by atoms with Crippen molar-refractivity contribution in [3.63, 3.8) is 0 Å². The normalized spacial score (nSPS) is 46.8. The molecular weight excluding hydrogens is 256 g/mol. The molecule has 0 radical (unpaired) electrons. The number of rotatable bonds is 2. The third-order valence-corrected chi connectivity index (χ3v) is 5.80. The molecule has 0 N–H and O–H groups in total. The predicted octanol–water partition coefficient (Wildman–Crippen LogP) is 3.09. The molecule has 0 aromatic heterocycles. The van der Waals surface area contributed by atoms with Gasteiger partial charge in [0.25, 0.3) is 0 Å². The highest BCUT2D eigenvalue weighted by molar-refractivity contribution is 5.08. The van der Waals surface area contributed by atoms with E-state index in [1.165, 1.54) is 0 Å². The Labute approximate surface area is 122 Å². The molecule has 0 aromatic carbocycles. The van der Waals surface area contributed by atoms with Gasteiger partial charge < -0.3 is 18.9 Å². The molecule has 0 aromatic rings. The van der Waals surface area contributed by atoms with Crippen molar-refractivity contribution in [3.05, 3.63) is 0 Å². The maximum absolute atomic E-state index is 6.15. The number of ether oxygens (including phenoxy) is 4. The Morgan fingerprint density at radius 2 is 1.35 bits per heavy atom. The lowest BCUT2D eigenvalue weighted by atomic mass is 9.56. The molecule has 116 valence electrons. The summed E-state index contributed by atoms with van der Waals surface area (Å²) in [6.45, 7) is 12.8. The van der Waals surface area contributed by atoms with Gasteiger partial charge in [0.15, 0.2) is 12.1 Å². The Bertz CT molecular complexity index is 359. The summed E-state index contributed by atoms with van der Waals surface area (Å²) in [6.07, 6.45) is 2.54. The molecule has 3 aliphatic rings. The number of hydrogen-bond donors (Lipinski definition) is 0. The highest BCUT2D eigenvalue weighted by atomic mass is 16.8. The van der Waals surface area contributed by atoms with Crippen LogP contribution in [0.25, 0.3) is 0 Å². The van der Waals surface area contributed by atoms with Crippen molar-refractivity contribution in [2.75, 3.05) is 0 Å². The van der Waals surface area contributed by atoms with Gasteiger partial charge in [-0.3, -0.25) is 0 Å². The third-order valence-electron chi connectivity index (χ3n) is 5.80. The first kappa shape index (κ1) is 14.8. The van der Waals surface area contributed by atoms with E-state index in [0.717, 1.165) is 12.8 Å². The van der Waals surface area contributed by atoms with E-state index in [1.807, 2.05) is 0 Å². The summed E-state index contributed by atoms with van der Waals surface area (Å²) in [7, 11) is 0. The molecule has 3 rings (SSSR count). The second-order valence-electron chi connectivity index (χ2n) is 7.37.